The van der Waals surface area contributed by atoms with Crippen LogP contribution in [0.15, 0.2) is 48.5 Å². The summed E-state index contributed by atoms with van der Waals surface area (Å²) in [6, 6.07) is 12.8. The molecule has 22 heavy (non-hydrogen) atoms. The third kappa shape index (κ3) is 3.76. The first-order valence-electron chi connectivity index (χ1n) is 6.57. The molecular weight excluding hydrogens is 286 g/mol. The van der Waals surface area contributed by atoms with Gasteiger partial charge in [0.15, 0.2) is 5.78 Å². The number of nitrogens with zero attached hydrogens (tertiary/aromatic N) is 1. The first-order valence-corrected chi connectivity index (χ1v) is 6.57. The number of rotatable bonds is 6. The minimum atomic E-state index is -1.00. The number of Topliss-reactive ketones (excluding diaryl/α,β-unsaturated/α-hetero) is 1. The molecule has 6 nitrogen and oxygen atoms in total. The van der Waals surface area contributed by atoms with Gasteiger partial charge in [-0.3, -0.25) is 19.7 Å². The van der Waals surface area contributed by atoms with Crippen molar-refractivity contribution < 1.29 is 19.6 Å². The number of carboxylic acid groups (broad SMARTS) is 1. The first-order chi connectivity index (χ1) is 10.5. The van der Waals surface area contributed by atoms with Crippen molar-refractivity contribution in [3.8, 4) is 11.1 Å². The summed E-state index contributed by atoms with van der Waals surface area (Å²) in [6.45, 7) is 0. The molecule has 6 heteroatoms. The molecule has 2 aromatic carbocycles. The number of carbonyl (C=O) groups excluding carboxylic acids is 1. The van der Waals surface area contributed by atoms with Gasteiger partial charge in [0.2, 0.25) is 0 Å². The molecule has 0 radical (unpaired) electrons. The van der Waals surface area contributed by atoms with E-state index in [-0.39, 0.29) is 24.3 Å². The molecule has 0 aromatic heterocycles. The lowest BCUT2D eigenvalue weighted by Gasteiger charge is -2.04. The Morgan fingerprint density at radius 2 is 1.41 bits per heavy atom. The lowest BCUT2D eigenvalue weighted by molar-refractivity contribution is -0.384. The average Bonchev–Trinajstić information content (AvgIpc) is 2.53. The van der Waals surface area contributed by atoms with Crippen LogP contribution in [0.1, 0.15) is 23.2 Å². The molecule has 0 saturated heterocycles. The maximum atomic E-state index is 11.8. The zero-order valence-corrected chi connectivity index (χ0v) is 11.6. The van der Waals surface area contributed by atoms with Crippen molar-refractivity contribution in [1.82, 2.24) is 0 Å². The molecular formula is C16H13NO5. The smallest absolute Gasteiger partial charge is 0.303 e. The Labute approximate surface area is 126 Å². The van der Waals surface area contributed by atoms with Gasteiger partial charge in [0.05, 0.1) is 11.3 Å². The molecule has 112 valence electrons. The van der Waals surface area contributed by atoms with E-state index in [0.29, 0.717) is 5.56 Å². The fourth-order valence-corrected chi connectivity index (χ4v) is 1.99. The van der Waals surface area contributed by atoms with Crippen LogP contribution in [-0.4, -0.2) is 21.8 Å². The van der Waals surface area contributed by atoms with Crippen LogP contribution in [0.5, 0.6) is 0 Å². The van der Waals surface area contributed by atoms with Crippen molar-refractivity contribution >= 4 is 17.4 Å². The summed E-state index contributed by atoms with van der Waals surface area (Å²) in [5.41, 5.74) is 2.09. The van der Waals surface area contributed by atoms with Crippen molar-refractivity contribution in [2.75, 3.05) is 0 Å². The van der Waals surface area contributed by atoms with E-state index in [1.54, 1.807) is 36.4 Å². The van der Waals surface area contributed by atoms with E-state index in [2.05, 4.69) is 0 Å². The molecule has 0 atom stereocenters. The maximum Gasteiger partial charge on any atom is 0.303 e. The number of nitro benzene ring substituents is 1. The third-order valence-corrected chi connectivity index (χ3v) is 3.18. The quantitative estimate of drug-likeness (QED) is 0.501. The summed E-state index contributed by atoms with van der Waals surface area (Å²) in [7, 11) is 0. The number of aliphatic carboxylic acids is 1. The van der Waals surface area contributed by atoms with Gasteiger partial charge in [0.1, 0.15) is 0 Å². The van der Waals surface area contributed by atoms with Gasteiger partial charge in [-0.25, -0.2) is 0 Å². The lowest BCUT2D eigenvalue weighted by Crippen LogP contribution is -2.03. The van der Waals surface area contributed by atoms with Crippen LogP contribution in [0.25, 0.3) is 11.1 Å². The highest BCUT2D eigenvalue weighted by molar-refractivity contribution is 5.97. The Hall–Kier alpha value is -3.02. The van der Waals surface area contributed by atoms with E-state index >= 15 is 0 Å². The molecule has 0 amide bonds. The fourth-order valence-electron chi connectivity index (χ4n) is 1.99. The van der Waals surface area contributed by atoms with E-state index in [0.717, 1.165) is 11.1 Å². The largest absolute Gasteiger partial charge is 0.481 e. The molecule has 2 rings (SSSR count). The second kappa shape index (κ2) is 6.62. The predicted octanol–water partition coefficient (Wildman–Crippen LogP) is 3.31. The Balaban J connectivity index is 2.12. The van der Waals surface area contributed by atoms with Crippen molar-refractivity contribution in [1.29, 1.82) is 0 Å². The Morgan fingerprint density at radius 1 is 0.909 bits per heavy atom. The molecule has 0 bridgehead atoms. The van der Waals surface area contributed by atoms with Gasteiger partial charge in [0.25, 0.3) is 5.69 Å². The van der Waals surface area contributed by atoms with Gasteiger partial charge in [-0.2, -0.15) is 0 Å². The number of non-ortho nitro benzene ring substituents is 1. The summed E-state index contributed by atoms with van der Waals surface area (Å²) < 4.78 is 0. The lowest BCUT2D eigenvalue weighted by atomic mass is 10.0. The molecule has 0 aliphatic rings. The Bertz CT molecular complexity index is 704. The minimum absolute atomic E-state index is 0.0178. The topological polar surface area (TPSA) is 97.5 Å². The van der Waals surface area contributed by atoms with Crippen LogP contribution in [-0.2, 0) is 4.79 Å². The van der Waals surface area contributed by atoms with Gasteiger partial charge in [-0.05, 0) is 23.3 Å². The molecule has 0 aliphatic carbocycles. The van der Waals surface area contributed by atoms with Crippen LogP contribution in [0, 0.1) is 10.1 Å². The highest BCUT2D eigenvalue weighted by Crippen LogP contribution is 2.23. The van der Waals surface area contributed by atoms with Crippen LogP contribution in [0.4, 0.5) is 5.69 Å². The summed E-state index contributed by atoms with van der Waals surface area (Å²) in [6.07, 6.45) is -0.227. The number of carbonyl (C=O) groups is 2. The Morgan fingerprint density at radius 3 is 1.86 bits per heavy atom. The van der Waals surface area contributed by atoms with Gasteiger partial charge < -0.3 is 5.11 Å². The van der Waals surface area contributed by atoms with Gasteiger partial charge in [0, 0.05) is 24.1 Å². The molecule has 0 heterocycles. The monoisotopic (exact) mass is 299 g/mol. The molecule has 2 aromatic rings. The number of nitro groups is 1. The zero-order valence-electron chi connectivity index (χ0n) is 11.6. The van der Waals surface area contributed by atoms with Crippen molar-refractivity contribution in [2.45, 2.75) is 12.8 Å². The third-order valence-electron chi connectivity index (χ3n) is 3.18. The second-order valence-electron chi connectivity index (χ2n) is 4.70. The predicted molar refractivity (Wildman–Crippen MR) is 79.7 cm³/mol. The van der Waals surface area contributed by atoms with Crippen molar-refractivity contribution in [3.05, 3.63) is 64.2 Å². The minimum Gasteiger partial charge on any atom is -0.481 e. The first kappa shape index (κ1) is 15.4. The van der Waals surface area contributed by atoms with E-state index in [1.807, 2.05) is 0 Å². The van der Waals surface area contributed by atoms with E-state index in [9.17, 15) is 19.7 Å². The number of carboxylic acids is 1. The van der Waals surface area contributed by atoms with Crippen LogP contribution in [0.3, 0.4) is 0 Å². The van der Waals surface area contributed by atoms with Crippen LogP contribution >= 0.6 is 0 Å². The summed E-state index contributed by atoms with van der Waals surface area (Å²) in [5.74, 6) is -1.23. The molecule has 0 fully saturated rings. The molecule has 0 spiro atoms. The highest BCUT2D eigenvalue weighted by Gasteiger charge is 2.09. The average molecular weight is 299 g/mol. The fraction of sp³-hybridized carbons (Fsp3) is 0.125. The number of hydrogen-bond donors (Lipinski definition) is 1. The maximum absolute atomic E-state index is 11.8. The van der Waals surface area contributed by atoms with Crippen LogP contribution < -0.4 is 0 Å². The second-order valence-corrected chi connectivity index (χ2v) is 4.70. The number of benzene rings is 2. The van der Waals surface area contributed by atoms with Gasteiger partial charge in [-0.1, -0.05) is 24.3 Å². The van der Waals surface area contributed by atoms with Gasteiger partial charge in [-0.15, -0.1) is 0 Å². The Kier molecular flexibility index (Phi) is 4.63. The normalized spacial score (nSPS) is 10.2. The molecule has 0 saturated carbocycles. The van der Waals surface area contributed by atoms with E-state index in [4.69, 9.17) is 5.11 Å². The summed E-state index contributed by atoms with van der Waals surface area (Å²) in [4.78, 5) is 32.4. The molecule has 0 unspecified atom stereocenters. The summed E-state index contributed by atoms with van der Waals surface area (Å²) in [5, 5.41) is 19.2. The molecule has 1 N–H and O–H groups in total. The number of ketones is 1. The molecule has 0 aliphatic heterocycles. The SMILES string of the molecule is O=C(O)CCC(=O)c1ccc(-c2ccc([N+](=O)[O-])cc2)cc1. The van der Waals surface area contributed by atoms with Crippen LogP contribution in [0.2, 0.25) is 0 Å². The standard InChI is InChI=1S/C16H13NO5/c18-15(9-10-16(19)20)13-3-1-11(2-4-13)12-5-7-14(8-6-12)17(21)22/h1-8H,9-10H2,(H,19,20). The van der Waals surface area contributed by atoms with Crippen molar-refractivity contribution in [2.24, 2.45) is 0 Å². The summed E-state index contributed by atoms with van der Waals surface area (Å²) >= 11 is 0. The van der Waals surface area contributed by atoms with E-state index < -0.39 is 10.9 Å². The van der Waals surface area contributed by atoms with Gasteiger partial charge >= 0.3 is 5.97 Å². The van der Waals surface area contributed by atoms with Crippen molar-refractivity contribution in [3.63, 3.8) is 0 Å². The van der Waals surface area contributed by atoms with E-state index in [1.165, 1.54) is 12.1 Å². The number of hydrogen-bond acceptors (Lipinski definition) is 4. The highest BCUT2D eigenvalue weighted by atomic mass is 16.6. The zero-order chi connectivity index (χ0) is 16.1.